The lowest BCUT2D eigenvalue weighted by Gasteiger charge is -2.46. The largest absolute Gasteiger partial charge is 0.493 e. The van der Waals surface area contributed by atoms with Gasteiger partial charge >= 0.3 is 5.97 Å². The zero-order valence-electron chi connectivity index (χ0n) is 23.7. The Morgan fingerprint density at radius 3 is 2.02 bits per heavy atom. The third-order valence-corrected chi connectivity index (χ3v) is 8.30. The number of rotatable bonds is 9. The van der Waals surface area contributed by atoms with Crippen LogP contribution in [0.5, 0.6) is 11.5 Å². The summed E-state index contributed by atoms with van der Waals surface area (Å²) in [5.74, 6) is 0.294. The molecule has 3 aromatic carbocycles. The summed E-state index contributed by atoms with van der Waals surface area (Å²) < 4.78 is 25.7. The highest BCUT2D eigenvalue weighted by Crippen LogP contribution is 2.44. The molecule has 2 aliphatic rings. The van der Waals surface area contributed by atoms with Crippen molar-refractivity contribution >= 4 is 17.6 Å². The molecule has 2 saturated heterocycles. The van der Waals surface area contributed by atoms with Crippen LogP contribution in [0, 0.1) is 11.2 Å². The van der Waals surface area contributed by atoms with Crippen molar-refractivity contribution in [3.63, 3.8) is 0 Å². The first kappa shape index (κ1) is 28.6. The molecule has 2 heterocycles. The first-order valence-corrected chi connectivity index (χ1v) is 14.4. The van der Waals surface area contributed by atoms with E-state index < -0.39 is 5.97 Å². The number of ether oxygens (including phenoxy) is 2. The summed E-state index contributed by atoms with van der Waals surface area (Å²) >= 11 is 0. The Bertz CT molecular complexity index is 1350. The molecule has 2 fully saturated rings. The van der Waals surface area contributed by atoms with E-state index in [-0.39, 0.29) is 22.7 Å². The van der Waals surface area contributed by atoms with Gasteiger partial charge in [0.25, 0.3) is 0 Å². The number of carboxylic acid groups (broad SMARTS) is 1. The van der Waals surface area contributed by atoms with Gasteiger partial charge in [-0.2, -0.15) is 0 Å². The Kier molecular flexibility index (Phi) is 8.59. The van der Waals surface area contributed by atoms with Gasteiger partial charge in [-0.25, -0.2) is 9.18 Å². The number of carbonyl (C=O) groups excluding carboxylic acids is 1. The maximum atomic E-state index is 13.6. The molecular formula is C33H37FN2O5. The number of carboxylic acids is 1. The second-order valence-corrected chi connectivity index (χ2v) is 10.9. The summed E-state index contributed by atoms with van der Waals surface area (Å²) in [6, 6.07) is 17.0. The maximum Gasteiger partial charge on any atom is 0.335 e. The van der Waals surface area contributed by atoms with E-state index in [1.54, 1.807) is 41.3 Å². The van der Waals surface area contributed by atoms with Crippen LogP contribution in [0.2, 0.25) is 0 Å². The average Bonchev–Trinajstić information content (AvgIpc) is 2.96. The number of carbonyl (C=O) groups is 2. The van der Waals surface area contributed by atoms with E-state index in [2.05, 4.69) is 17.0 Å². The van der Waals surface area contributed by atoms with Crippen LogP contribution < -0.4 is 14.4 Å². The van der Waals surface area contributed by atoms with E-state index in [0.29, 0.717) is 26.2 Å². The predicted molar refractivity (Wildman–Crippen MR) is 156 cm³/mol. The van der Waals surface area contributed by atoms with Gasteiger partial charge in [-0.1, -0.05) is 12.1 Å². The molecule has 0 aromatic heterocycles. The Labute approximate surface area is 240 Å². The quantitative estimate of drug-likeness (QED) is 0.326. The number of hydrogen-bond donors (Lipinski definition) is 1. The molecule has 0 aliphatic carbocycles. The van der Waals surface area contributed by atoms with Gasteiger partial charge in [-0.15, -0.1) is 0 Å². The molecule has 2 aliphatic heterocycles. The first-order chi connectivity index (χ1) is 19.8. The summed E-state index contributed by atoms with van der Waals surface area (Å²) in [4.78, 5) is 28.5. The van der Waals surface area contributed by atoms with Crippen LogP contribution >= 0.6 is 0 Å². The number of halogens is 1. The molecule has 3 aromatic rings. The molecule has 1 N–H and O–H groups in total. The molecule has 41 heavy (non-hydrogen) atoms. The molecule has 0 atom stereocenters. The van der Waals surface area contributed by atoms with E-state index in [4.69, 9.17) is 14.6 Å². The van der Waals surface area contributed by atoms with Crippen LogP contribution in [0.4, 0.5) is 10.1 Å². The fourth-order valence-corrected chi connectivity index (χ4v) is 6.08. The highest BCUT2D eigenvalue weighted by molar-refractivity contribution is 5.95. The van der Waals surface area contributed by atoms with E-state index in [1.165, 1.54) is 12.1 Å². The lowest BCUT2D eigenvalue weighted by atomic mass is 9.71. The van der Waals surface area contributed by atoms with Crippen LogP contribution in [-0.4, -0.2) is 54.7 Å². The smallest absolute Gasteiger partial charge is 0.335 e. The van der Waals surface area contributed by atoms with Crippen LogP contribution in [0.3, 0.4) is 0 Å². The molecule has 5 rings (SSSR count). The Balaban J connectivity index is 1.26. The third-order valence-electron chi connectivity index (χ3n) is 8.30. The standard InChI is InChI=1S/C33H37FN2O5/c1-3-40-28-19-23(20-29(41-4-2)31(28)24-5-9-26(34)10-6-24)22-35-16-13-33(14-17-35)15-18-36(30(37)21-33)27-11-7-25(8-12-27)32(38)39/h5-12,19-20H,3-4,13-18,21-22H2,1-2H3,(H,38,39). The molecule has 7 nitrogen and oxygen atoms in total. The summed E-state index contributed by atoms with van der Waals surface area (Å²) in [6.45, 7) is 8.09. The first-order valence-electron chi connectivity index (χ1n) is 14.4. The summed E-state index contributed by atoms with van der Waals surface area (Å²) in [7, 11) is 0. The summed E-state index contributed by atoms with van der Waals surface area (Å²) in [5, 5.41) is 9.15. The molecule has 0 radical (unpaired) electrons. The highest BCUT2D eigenvalue weighted by Gasteiger charge is 2.41. The molecule has 1 amide bonds. The number of likely N-dealkylation sites (tertiary alicyclic amines) is 1. The van der Waals surface area contributed by atoms with Crippen molar-refractivity contribution in [2.24, 2.45) is 5.41 Å². The Morgan fingerprint density at radius 1 is 0.902 bits per heavy atom. The van der Waals surface area contributed by atoms with E-state index in [0.717, 1.165) is 72.8 Å². The van der Waals surface area contributed by atoms with Gasteiger partial charge in [0.05, 0.1) is 24.3 Å². The summed E-state index contributed by atoms with van der Waals surface area (Å²) in [6.07, 6.45) is 3.35. The molecule has 1 spiro atoms. The van der Waals surface area contributed by atoms with Crippen LogP contribution in [0.25, 0.3) is 11.1 Å². The minimum atomic E-state index is -0.973. The van der Waals surface area contributed by atoms with Gasteiger partial charge in [0.1, 0.15) is 17.3 Å². The Morgan fingerprint density at radius 2 is 1.49 bits per heavy atom. The number of anilines is 1. The highest BCUT2D eigenvalue weighted by atomic mass is 19.1. The van der Waals surface area contributed by atoms with Crippen molar-refractivity contribution < 1.29 is 28.6 Å². The van der Waals surface area contributed by atoms with Gasteiger partial charge in [-0.3, -0.25) is 9.69 Å². The zero-order chi connectivity index (χ0) is 29.0. The second kappa shape index (κ2) is 12.3. The van der Waals surface area contributed by atoms with Gasteiger partial charge in [0.2, 0.25) is 5.91 Å². The average molecular weight is 561 g/mol. The van der Waals surface area contributed by atoms with Crippen molar-refractivity contribution in [3.05, 3.63) is 77.6 Å². The van der Waals surface area contributed by atoms with Gasteiger partial charge in [0, 0.05) is 25.2 Å². The molecule has 8 heteroatoms. The van der Waals surface area contributed by atoms with Gasteiger partial charge in [0.15, 0.2) is 0 Å². The van der Waals surface area contributed by atoms with Crippen molar-refractivity contribution in [1.29, 1.82) is 0 Å². The number of piperidine rings is 2. The van der Waals surface area contributed by atoms with E-state index in [1.807, 2.05) is 13.8 Å². The predicted octanol–water partition coefficient (Wildman–Crippen LogP) is 6.40. The van der Waals surface area contributed by atoms with Crippen LogP contribution in [-0.2, 0) is 11.3 Å². The minimum Gasteiger partial charge on any atom is -0.493 e. The number of aromatic carboxylic acids is 1. The Hall–Kier alpha value is -3.91. The van der Waals surface area contributed by atoms with Gasteiger partial charge in [-0.05, 0) is 111 Å². The third kappa shape index (κ3) is 6.38. The van der Waals surface area contributed by atoms with Crippen LogP contribution in [0.15, 0.2) is 60.7 Å². The maximum absolute atomic E-state index is 13.6. The van der Waals surface area contributed by atoms with E-state index in [9.17, 15) is 14.0 Å². The van der Waals surface area contributed by atoms with Gasteiger partial charge < -0.3 is 19.5 Å². The minimum absolute atomic E-state index is 0.00446. The lowest BCUT2D eigenvalue weighted by molar-refractivity contribution is -0.124. The van der Waals surface area contributed by atoms with Crippen molar-refractivity contribution in [2.75, 3.05) is 37.7 Å². The molecular weight excluding hydrogens is 523 g/mol. The monoisotopic (exact) mass is 560 g/mol. The van der Waals surface area contributed by atoms with E-state index >= 15 is 0 Å². The molecule has 216 valence electrons. The van der Waals surface area contributed by atoms with Crippen LogP contribution in [0.1, 0.15) is 55.5 Å². The van der Waals surface area contributed by atoms with Crippen molar-refractivity contribution in [2.45, 2.75) is 46.1 Å². The number of hydrogen-bond acceptors (Lipinski definition) is 5. The van der Waals surface area contributed by atoms with Crippen molar-refractivity contribution in [1.82, 2.24) is 4.90 Å². The molecule has 0 unspecified atom stereocenters. The second-order valence-electron chi connectivity index (χ2n) is 10.9. The topological polar surface area (TPSA) is 79.3 Å². The number of benzene rings is 3. The molecule has 0 bridgehead atoms. The number of nitrogens with zero attached hydrogens (tertiary/aromatic N) is 2. The fraction of sp³-hybridized carbons (Fsp3) is 0.394. The summed E-state index contributed by atoms with van der Waals surface area (Å²) in [5.41, 5.74) is 3.75. The molecule has 0 saturated carbocycles. The number of amides is 1. The van der Waals surface area contributed by atoms with Crippen molar-refractivity contribution in [3.8, 4) is 22.6 Å². The zero-order valence-corrected chi connectivity index (χ0v) is 23.7. The lowest BCUT2D eigenvalue weighted by Crippen LogP contribution is -2.49. The fourth-order valence-electron chi connectivity index (χ4n) is 6.08. The normalized spacial score (nSPS) is 17.0. The SMILES string of the molecule is CCOc1cc(CN2CCC3(CC2)CCN(c2ccc(C(=O)O)cc2)C(=O)C3)cc(OCC)c1-c1ccc(F)cc1.